The molecule has 2 rings (SSSR count). The Bertz CT molecular complexity index is 500. The van der Waals surface area contributed by atoms with E-state index < -0.39 is 0 Å². The lowest BCUT2D eigenvalue weighted by Crippen LogP contribution is -1.96. The number of aryl methyl sites for hydroxylation is 1. The summed E-state index contributed by atoms with van der Waals surface area (Å²) in [6, 6.07) is 9.38. The summed E-state index contributed by atoms with van der Waals surface area (Å²) in [5.74, 6) is 1.24. The van der Waals surface area contributed by atoms with Crippen LogP contribution >= 0.6 is 0 Å². The van der Waals surface area contributed by atoms with Crippen molar-refractivity contribution in [3.8, 4) is 11.6 Å². The van der Waals surface area contributed by atoms with Gasteiger partial charge in [0.15, 0.2) is 0 Å². The number of benzene rings is 1. The molecule has 0 aliphatic rings. The fourth-order valence-electron chi connectivity index (χ4n) is 1.53. The van der Waals surface area contributed by atoms with E-state index in [4.69, 9.17) is 9.84 Å². The van der Waals surface area contributed by atoms with E-state index in [1.165, 1.54) is 6.33 Å². The number of aliphatic hydroxyl groups excluding tert-OH is 1. The van der Waals surface area contributed by atoms with Gasteiger partial charge in [0.25, 0.3) is 0 Å². The number of aromatic nitrogens is 2. The van der Waals surface area contributed by atoms with Gasteiger partial charge in [-0.2, -0.15) is 0 Å². The molecular weight excluding hydrogens is 216 g/mol. The highest BCUT2D eigenvalue weighted by Crippen LogP contribution is 2.24. The Hall–Kier alpha value is -1.94. The molecular formula is C13H14N2O2. The number of aliphatic hydroxyl groups is 1. The Morgan fingerprint density at radius 1 is 1.24 bits per heavy atom. The highest BCUT2D eigenvalue weighted by Gasteiger charge is 2.04. The molecule has 0 saturated heterocycles. The van der Waals surface area contributed by atoms with Crippen molar-refractivity contribution in [2.75, 3.05) is 6.61 Å². The van der Waals surface area contributed by atoms with Crippen molar-refractivity contribution in [3.05, 3.63) is 47.9 Å². The van der Waals surface area contributed by atoms with Gasteiger partial charge < -0.3 is 9.84 Å². The van der Waals surface area contributed by atoms with Crippen molar-refractivity contribution in [2.24, 2.45) is 0 Å². The molecule has 4 nitrogen and oxygen atoms in total. The number of para-hydroxylation sites is 1. The largest absolute Gasteiger partial charge is 0.439 e. The molecule has 1 aromatic heterocycles. The van der Waals surface area contributed by atoms with Gasteiger partial charge in [-0.25, -0.2) is 9.97 Å². The first-order chi connectivity index (χ1) is 8.29. The fraction of sp³-hybridized carbons (Fsp3) is 0.231. The third-order valence-electron chi connectivity index (χ3n) is 2.35. The van der Waals surface area contributed by atoms with Crippen LogP contribution in [0.5, 0.6) is 11.6 Å². The summed E-state index contributed by atoms with van der Waals surface area (Å²) in [5, 5.41) is 8.97. The summed E-state index contributed by atoms with van der Waals surface area (Å²) in [7, 11) is 0. The predicted octanol–water partition coefficient (Wildman–Crippen LogP) is 2.11. The van der Waals surface area contributed by atoms with Gasteiger partial charge in [0.05, 0.1) is 0 Å². The van der Waals surface area contributed by atoms with Gasteiger partial charge in [0, 0.05) is 18.4 Å². The van der Waals surface area contributed by atoms with Crippen molar-refractivity contribution in [1.29, 1.82) is 0 Å². The third kappa shape index (κ3) is 3.01. The molecule has 0 fully saturated rings. The maximum atomic E-state index is 8.97. The molecule has 0 radical (unpaired) electrons. The van der Waals surface area contributed by atoms with Crippen LogP contribution in [0.3, 0.4) is 0 Å². The lowest BCUT2D eigenvalue weighted by Gasteiger charge is -2.09. The normalized spacial score (nSPS) is 10.2. The molecule has 17 heavy (non-hydrogen) atoms. The second kappa shape index (κ2) is 5.41. The standard InChI is InChI=1S/C13H14N2O2/c1-10-8-13(15-9-14-10)17-12-5-3-2-4-11(12)6-7-16/h2-5,8-9,16H,6-7H2,1H3. The lowest BCUT2D eigenvalue weighted by molar-refractivity contribution is 0.297. The van der Waals surface area contributed by atoms with Gasteiger partial charge in [-0.05, 0) is 25.0 Å². The number of hydrogen-bond acceptors (Lipinski definition) is 4. The summed E-state index contributed by atoms with van der Waals surface area (Å²) in [5.41, 5.74) is 1.82. The second-order valence-electron chi connectivity index (χ2n) is 3.68. The van der Waals surface area contributed by atoms with Crippen LogP contribution in [0.2, 0.25) is 0 Å². The van der Waals surface area contributed by atoms with E-state index in [9.17, 15) is 0 Å². The molecule has 0 aliphatic carbocycles. The van der Waals surface area contributed by atoms with Crippen LogP contribution in [0.15, 0.2) is 36.7 Å². The van der Waals surface area contributed by atoms with Gasteiger partial charge in [0.2, 0.25) is 5.88 Å². The molecule has 1 heterocycles. The summed E-state index contributed by atoms with van der Waals surface area (Å²) >= 11 is 0. The second-order valence-corrected chi connectivity index (χ2v) is 3.68. The zero-order valence-electron chi connectivity index (χ0n) is 9.63. The zero-order valence-corrected chi connectivity index (χ0v) is 9.63. The number of nitrogens with zero attached hydrogens (tertiary/aromatic N) is 2. The van der Waals surface area contributed by atoms with Gasteiger partial charge in [-0.15, -0.1) is 0 Å². The highest BCUT2D eigenvalue weighted by atomic mass is 16.5. The average molecular weight is 230 g/mol. The van der Waals surface area contributed by atoms with E-state index in [2.05, 4.69) is 9.97 Å². The van der Waals surface area contributed by atoms with Crippen molar-refractivity contribution in [1.82, 2.24) is 9.97 Å². The summed E-state index contributed by atoms with van der Waals surface area (Å²) in [6.45, 7) is 1.98. The average Bonchev–Trinajstić information content (AvgIpc) is 2.32. The van der Waals surface area contributed by atoms with E-state index in [1.54, 1.807) is 6.07 Å². The molecule has 1 aromatic carbocycles. The van der Waals surface area contributed by atoms with Crippen molar-refractivity contribution >= 4 is 0 Å². The van der Waals surface area contributed by atoms with Crippen LogP contribution in [0, 0.1) is 6.92 Å². The molecule has 0 bridgehead atoms. The minimum Gasteiger partial charge on any atom is -0.439 e. The van der Waals surface area contributed by atoms with Crippen molar-refractivity contribution in [3.63, 3.8) is 0 Å². The summed E-state index contributed by atoms with van der Waals surface area (Å²) in [6.07, 6.45) is 2.04. The Labute approximate surface area is 99.9 Å². The topological polar surface area (TPSA) is 55.2 Å². The van der Waals surface area contributed by atoms with Crippen LogP contribution in [0.4, 0.5) is 0 Å². The first kappa shape index (κ1) is 11.5. The fourth-order valence-corrected chi connectivity index (χ4v) is 1.53. The third-order valence-corrected chi connectivity index (χ3v) is 2.35. The van der Waals surface area contributed by atoms with Crippen molar-refractivity contribution < 1.29 is 9.84 Å². The van der Waals surface area contributed by atoms with E-state index in [-0.39, 0.29) is 6.61 Å². The monoisotopic (exact) mass is 230 g/mol. The van der Waals surface area contributed by atoms with Crippen molar-refractivity contribution in [2.45, 2.75) is 13.3 Å². The molecule has 0 amide bonds. The Kier molecular flexibility index (Phi) is 3.67. The molecule has 4 heteroatoms. The molecule has 0 saturated carbocycles. The van der Waals surface area contributed by atoms with Crippen LogP contribution < -0.4 is 4.74 Å². The summed E-state index contributed by atoms with van der Waals surface area (Å²) < 4.78 is 5.68. The Morgan fingerprint density at radius 3 is 2.82 bits per heavy atom. The SMILES string of the molecule is Cc1cc(Oc2ccccc2CCO)ncn1. The van der Waals surface area contributed by atoms with E-state index >= 15 is 0 Å². The first-order valence-electron chi connectivity index (χ1n) is 5.45. The van der Waals surface area contributed by atoms with Gasteiger partial charge >= 0.3 is 0 Å². The predicted molar refractivity (Wildman–Crippen MR) is 64.1 cm³/mol. The molecule has 0 aliphatic heterocycles. The number of hydrogen-bond donors (Lipinski definition) is 1. The van der Waals surface area contributed by atoms with Gasteiger partial charge in [-0.1, -0.05) is 18.2 Å². The van der Waals surface area contributed by atoms with Gasteiger partial charge in [0.1, 0.15) is 12.1 Å². The van der Waals surface area contributed by atoms with E-state index in [0.717, 1.165) is 17.0 Å². The van der Waals surface area contributed by atoms with Crippen LogP contribution in [-0.4, -0.2) is 21.7 Å². The van der Waals surface area contributed by atoms with E-state index in [1.807, 2.05) is 31.2 Å². The maximum absolute atomic E-state index is 8.97. The Morgan fingerprint density at radius 2 is 2.06 bits per heavy atom. The van der Waals surface area contributed by atoms with Crippen LogP contribution in [-0.2, 0) is 6.42 Å². The van der Waals surface area contributed by atoms with E-state index in [0.29, 0.717) is 12.3 Å². The zero-order chi connectivity index (χ0) is 12.1. The number of rotatable bonds is 4. The quantitative estimate of drug-likeness (QED) is 0.874. The lowest BCUT2D eigenvalue weighted by atomic mass is 10.1. The first-order valence-corrected chi connectivity index (χ1v) is 5.45. The molecule has 0 unspecified atom stereocenters. The van der Waals surface area contributed by atoms with Crippen LogP contribution in [0.1, 0.15) is 11.3 Å². The molecule has 1 N–H and O–H groups in total. The maximum Gasteiger partial charge on any atom is 0.222 e. The molecule has 0 atom stereocenters. The minimum absolute atomic E-state index is 0.100. The molecule has 2 aromatic rings. The molecule has 88 valence electrons. The number of ether oxygens (including phenoxy) is 1. The van der Waals surface area contributed by atoms with Gasteiger partial charge in [-0.3, -0.25) is 0 Å². The van der Waals surface area contributed by atoms with Crippen LogP contribution in [0.25, 0.3) is 0 Å². The minimum atomic E-state index is 0.100. The Balaban J connectivity index is 2.23. The smallest absolute Gasteiger partial charge is 0.222 e. The summed E-state index contributed by atoms with van der Waals surface area (Å²) in [4.78, 5) is 8.05. The molecule has 0 spiro atoms. The highest BCUT2D eigenvalue weighted by molar-refractivity contribution is 5.36.